The zero-order valence-electron chi connectivity index (χ0n) is 12.9. The van der Waals surface area contributed by atoms with E-state index in [-0.39, 0.29) is 5.41 Å². The zero-order chi connectivity index (χ0) is 15.9. The van der Waals surface area contributed by atoms with Gasteiger partial charge in [0.05, 0.1) is 5.69 Å². The fourth-order valence-electron chi connectivity index (χ4n) is 2.67. The Morgan fingerprint density at radius 2 is 1.73 bits per heavy atom. The minimum atomic E-state index is 0.111. The van der Waals surface area contributed by atoms with Gasteiger partial charge < -0.3 is 4.98 Å². The minimum Gasteiger partial charge on any atom is -0.354 e. The summed E-state index contributed by atoms with van der Waals surface area (Å²) in [5.41, 5.74) is 4.79. The third kappa shape index (κ3) is 2.55. The van der Waals surface area contributed by atoms with Crippen LogP contribution in [0, 0.1) is 0 Å². The maximum Gasteiger partial charge on any atom is 0.152 e. The second kappa shape index (κ2) is 5.29. The lowest BCUT2D eigenvalue weighted by atomic mass is 9.86. The van der Waals surface area contributed by atoms with Crippen LogP contribution >= 0.6 is 11.6 Å². The van der Waals surface area contributed by atoms with Crippen molar-refractivity contribution in [2.75, 3.05) is 0 Å². The summed E-state index contributed by atoms with van der Waals surface area (Å²) in [4.78, 5) is 14.9. The molecule has 1 N–H and O–H groups in total. The lowest BCUT2D eigenvalue weighted by Gasteiger charge is -2.19. The van der Waals surface area contributed by atoms with Crippen LogP contribution in [0.3, 0.4) is 0 Å². The second-order valence-corrected chi connectivity index (χ2v) is 6.99. The summed E-state index contributed by atoms with van der Waals surface area (Å²) in [5.74, 6) is 0. The van der Waals surface area contributed by atoms with Crippen LogP contribution in [0.4, 0.5) is 0 Å². The van der Waals surface area contributed by atoms with Crippen LogP contribution in [0.1, 0.15) is 36.7 Å². The van der Waals surface area contributed by atoms with Crippen LogP contribution in [0.2, 0.25) is 5.02 Å². The Hall–Kier alpha value is -2.06. The Bertz CT molecular complexity index is 838. The number of halogens is 1. The molecule has 3 rings (SSSR count). The van der Waals surface area contributed by atoms with Gasteiger partial charge in [0.15, 0.2) is 6.29 Å². The van der Waals surface area contributed by atoms with Crippen LogP contribution < -0.4 is 0 Å². The first-order valence-corrected chi connectivity index (χ1v) is 7.65. The van der Waals surface area contributed by atoms with Gasteiger partial charge in [-0.15, -0.1) is 0 Å². The van der Waals surface area contributed by atoms with E-state index in [2.05, 4.69) is 50.0 Å². The zero-order valence-corrected chi connectivity index (χ0v) is 13.7. The Kier molecular flexibility index (Phi) is 3.57. The summed E-state index contributed by atoms with van der Waals surface area (Å²) in [7, 11) is 0. The first-order chi connectivity index (χ1) is 10.4. The first kappa shape index (κ1) is 14.9. The van der Waals surface area contributed by atoms with E-state index in [1.54, 1.807) is 0 Å². The molecule has 0 saturated heterocycles. The number of nitrogens with one attached hydrogen (secondary N) is 1. The van der Waals surface area contributed by atoms with E-state index in [0.29, 0.717) is 10.6 Å². The fourth-order valence-corrected chi connectivity index (χ4v) is 2.84. The Balaban J connectivity index is 2.15. The highest BCUT2D eigenvalue weighted by Gasteiger charge is 2.16. The van der Waals surface area contributed by atoms with Crippen molar-refractivity contribution in [2.45, 2.75) is 26.2 Å². The monoisotopic (exact) mass is 311 g/mol. The van der Waals surface area contributed by atoms with Gasteiger partial charge in [-0.1, -0.05) is 56.6 Å². The third-order valence-electron chi connectivity index (χ3n) is 3.96. The molecule has 3 heteroatoms. The SMILES string of the molecule is CC(C)(C)c1ccc(-c2[nH]c3ccc(Cl)cc3c2C=O)cc1. The molecule has 3 aromatic rings. The summed E-state index contributed by atoms with van der Waals surface area (Å²) in [6.45, 7) is 6.55. The normalized spacial score (nSPS) is 11.8. The summed E-state index contributed by atoms with van der Waals surface area (Å²) in [5, 5.41) is 1.49. The molecule has 1 heterocycles. The molecule has 0 fully saturated rings. The average Bonchev–Trinajstić information content (AvgIpc) is 2.84. The molecule has 2 nitrogen and oxygen atoms in total. The molecule has 0 unspecified atom stereocenters. The molecule has 0 amide bonds. The van der Waals surface area contributed by atoms with Crippen molar-refractivity contribution in [3.63, 3.8) is 0 Å². The molecule has 0 bridgehead atoms. The number of H-pyrrole nitrogens is 1. The molecule has 0 saturated carbocycles. The topological polar surface area (TPSA) is 32.9 Å². The first-order valence-electron chi connectivity index (χ1n) is 7.27. The Labute approximate surface area is 135 Å². The van der Waals surface area contributed by atoms with Gasteiger partial charge in [-0.2, -0.15) is 0 Å². The van der Waals surface area contributed by atoms with Gasteiger partial charge in [0.2, 0.25) is 0 Å². The van der Waals surface area contributed by atoms with Gasteiger partial charge in [0, 0.05) is 21.5 Å². The van der Waals surface area contributed by atoms with Gasteiger partial charge in [-0.05, 0) is 34.7 Å². The maximum atomic E-state index is 11.6. The van der Waals surface area contributed by atoms with Crippen LogP contribution in [-0.4, -0.2) is 11.3 Å². The fraction of sp³-hybridized carbons (Fsp3) is 0.211. The van der Waals surface area contributed by atoms with Gasteiger partial charge >= 0.3 is 0 Å². The molecule has 0 aliphatic rings. The van der Waals surface area contributed by atoms with Crippen LogP contribution in [-0.2, 0) is 5.41 Å². The smallest absolute Gasteiger partial charge is 0.152 e. The third-order valence-corrected chi connectivity index (χ3v) is 4.19. The van der Waals surface area contributed by atoms with Crippen LogP contribution in [0.15, 0.2) is 42.5 Å². The number of aromatic amines is 1. The van der Waals surface area contributed by atoms with E-state index in [0.717, 1.165) is 28.4 Å². The number of aromatic nitrogens is 1. The summed E-state index contributed by atoms with van der Waals surface area (Å²) >= 11 is 6.04. The highest BCUT2D eigenvalue weighted by molar-refractivity contribution is 6.31. The van der Waals surface area contributed by atoms with E-state index in [1.807, 2.05) is 18.2 Å². The standard InChI is InChI=1S/C19H18ClNO/c1-19(2,3)13-6-4-12(5-7-13)18-16(11-22)15-10-14(20)8-9-17(15)21-18/h4-11,21H,1-3H3. The number of carbonyl (C=O) groups is 1. The van der Waals surface area contributed by atoms with Crippen molar-refractivity contribution in [3.8, 4) is 11.3 Å². The number of benzene rings is 2. The summed E-state index contributed by atoms with van der Waals surface area (Å²) in [6, 6.07) is 13.9. The van der Waals surface area contributed by atoms with E-state index in [9.17, 15) is 4.79 Å². The lowest BCUT2D eigenvalue weighted by Crippen LogP contribution is -2.10. The predicted molar refractivity (Wildman–Crippen MR) is 92.8 cm³/mol. The number of hydrogen-bond donors (Lipinski definition) is 1. The van der Waals surface area contributed by atoms with Crippen molar-refractivity contribution in [3.05, 3.63) is 58.6 Å². The van der Waals surface area contributed by atoms with Crippen LogP contribution in [0.5, 0.6) is 0 Å². The molecule has 0 radical (unpaired) electrons. The van der Waals surface area contributed by atoms with E-state index < -0.39 is 0 Å². The molecular formula is C19H18ClNO. The van der Waals surface area contributed by atoms with Gasteiger partial charge in [0.25, 0.3) is 0 Å². The Morgan fingerprint density at radius 3 is 2.32 bits per heavy atom. The molecule has 0 atom stereocenters. The molecule has 22 heavy (non-hydrogen) atoms. The molecule has 0 aliphatic heterocycles. The molecular weight excluding hydrogens is 294 g/mol. The molecule has 2 aromatic carbocycles. The van der Waals surface area contributed by atoms with Crippen molar-refractivity contribution >= 4 is 28.8 Å². The van der Waals surface area contributed by atoms with Gasteiger partial charge in [-0.3, -0.25) is 4.79 Å². The summed E-state index contributed by atoms with van der Waals surface area (Å²) in [6.07, 6.45) is 0.891. The summed E-state index contributed by atoms with van der Waals surface area (Å²) < 4.78 is 0. The van der Waals surface area contributed by atoms with E-state index in [1.165, 1.54) is 5.56 Å². The number of rotatable bonds is 2. The number of hydrogen-bond acceptors (Lipinski definition) is 1. The van der Waals surface area contributed by atoms with Crippen molar-refractivity contribution < 1.29 is 4.79 Å². The lowest BCUT2D eigenvalue weighted by molar-refractivity contribution is 0.112. The number of aldehydes is 1. The molecule has 0 spiro atoms. The van der Waals surface area contributed by atoms with Crippen LogP contribution in [0.25, 0.3) is 22.2 Å². The average molecular weight is 312 g/mol. The van der Waals surface area contributed by atoms with E-state index >= 15 is 0 Å². The number of carbonyl (C=O) groups excluding carboxylic acids is 1. The van der Waals surface area contributed by atoms with E-state index in [4.69, 9.17) is 11.6 Å². The van der Waals surface area contributed by atoms with Crippen molar-refractivity contribution in [2.24, 2.45) is 0 Å². The predicted octanol–water partition coefficient (Wildman–Crippen LogP) is 5.60. The quantitative estimate of drug-likeness (QED) is 0.614. The highest BCUT2D eigenvalue weighted by atomic mass is 35.5. The van der Waals surface area contributed by atoms with Gasteiger partial charge in [0.1, 0.15) is 0 Å². The molecule has 0 aliphatic carbocycles. The molecule has 1 aromatic heterocycles. The van der Waals surface area contributed by atoms with Gasteiger partial charge in [-0.25, -0.2) is 0 Å². The van der Waals surface area contributed by atoms with Crippen molar-refractivity contribution in [1.82, 2.24) is 4.98 Å². The van der Waals surface area contributed by atoms with Crippen molar-refractivity contribution in [1.29, 1.82) is 0 Å². The minimum absolute atomic E-state index is 0.111. The Morgan fingerprint density at radius 1 is 1.05 bits per heavy atom. The number of fused-ring (bicyclic) bond motifs is 1. The highest BCUT2D eigenvalue weighted by Crippen LogP contribution is 2.32. The maximum absolute atomic E-state index is 11.6. The largest absolute Gasteiger partial charge is 0.354 e. The second-order valence-electron chi connectivity index (χ2n) is 6.55. The molecule has 112 valence electrons.